The molecule has 10 aromatic carbocycles. The molecule has 2 heteroatoms. The number of aromatic nitrogens is 2. The second-order valence-corrected chi connectivity index (χ2v) is 17.7. The zero-order chi connectivity index (χ0) is 40.9. The molecule has 0 amide bonds. The molecule has 14 rings (SSSR count). The van der Waals surface area contributed by atoms with Crippen molar-refractivity contribution in [1.82, 2.24) is 9.13 Å². The number of rotatable bonds is 3. The molecular formula is C60H40N2. The van der Waals surface area contributed by atoms with Crippen LogP contribution in [-0.4, -0.2) is 9.13 Å². The van der Waals surface area contributed by atoms with Crippen LogP contribution in [-0.2, 0) is 10.8 Å². The van der Waals surface area contributed by atoms with E-state index in [0.717, 1.165) is 0 Å². The van der Waals surface area contributed by atoms with E-state index >= 15 is 0 Å². The molecule has 0 spiro atoms. The summed E-state index contributed by atoms with van der Waals surface area (Å²) in [5.41, 5.74) is 16.9. The van der Waals surface area contributed by atoms with E-state index in [-0.39, 0.29) is 0 Å². The minimum atomic E-state index is -0.638. The van der Waals surface area contributed by atoms with Crippen LogP contribution in [0.1, 0.15) is 40.3 Å². The van der Waals surface area contributed by atoms with Crippen LogP contribution in [0.2, 0.25) is 0 Å². The Morgan fingerprint density at radius 1 is 0.339 bits per heavy atom. The zero-order valence-electron chi connectivity index (χ0n) is 34.5. The van der Waals surface area contributed by atoms with Crippen LogP contribution in [0.4, 0.5) is 0 Å². The maximum atomic E-state index is 2.63. The van der Waals surface area contributed by atoms with Gasteiger partial charge in [0.15, 0.2) is 0 Å². The fraction of sp³-hybridized carbons (Fsp3) is 0.0667. The van der Waals surface area contributed by atoms with Crippen LogP contribution in [0, 0.1) is 6.92 Å². The van der Waals surface area contributed by atoms with Gasteiger partial charge in [-0.25, -0.2) is 0 Å². The van der Waals surface area contributed by atoms with Crippen molar-refractivity contribution < 1.29 is 0 Å². The summed E-state index contributed by atoms with van der Waals surface area (Å²) in [7, 11) is 0. The van der Waals surface area contributed by atoms with E-state index in [1.54, 1.807) is 0 Å². The average Bonchev–Trinajstić information content (AvgIpc) is 3.93. The summed E-state index contributed by atoms with van der Waals surface area (Å²) < 4.78 is 5.02. The van der Waals surface area contributed by atoms with Gasteiger partial charge in [0.1, 0.15) is 0 Å². The van der Waals surface area contributed by atoms with Gasteiger partial charge in [-0.05, 0) is 123 Å². The Morgan fingerprint density at radius 2 is 0.871 bits per heavy atom. The lowest BCUT2D eigenvalue weighted by atomic mass is 9.49. The predicted octanol–water partition coefficient (Wildman–Crippen LogP) is 15.1. The van der Waals surface area contributed by atoms with Gasteiger partial charge in [-0.1, -0.05) is 158 Å². The molecule has 0 bridgehead atoms. The quantitative estimate of drug-likeness (QED) is 0.169. The third-order valence-electron chi connectivity index (χ3n) is 15.0. The molecule has 2 aliphatic carbocycles. The van der Waals surface area contributed by atoms with Crippen molar-refractivity contribution in [3.05, 3.63) is 240 Å². The molecule has 0 radical (unpaired) electrons. The molecule has 2 unspecified atom stereocenters. The lowest BCUT2D eigenvalue weighted by Gasteiger charge is -2.52. The minimum absolute atomic E-state index is 0.493. The Balaban J connectivity index is 1.27. The fourth-order valence-electron chi connectivity index (χ4n) is 12.8. The Labute approximate surface area is 359 Å². The molecule has 12 aromatic rings. The number of fused-ring (bicyclic) bond motifs is 17. The summed E-state index contributed by atoms with van der Waals surface area (Å²) >= 11 is 0. The minimum Gasteiger partial charge on any atom is -0.309 e. The van der Waals surface area contributed by atoms with E-state index in [9.17, 15) is 0 Å². The van der Waals surface area contributed by atoms with Crippen molar-refractivity contribution in [2.75, 3.05) is 0 Å². The fourth-order valence-corrected chi connectivity index (χ4v) is 12.8. The van der Waals surface area contributed by atoms with Crippen LogP contribution in [0.15, 0.2) is 206 Å². The summed E-state index contributed by atoms with van der Waals surface area (Å²) in [5, 5.41) is 10.4. The first-order valence-corrected chi connectivity index (χ1v) is 21.9. The molecule has 0 fully saturated rings. The van der Waals surface area contributed by atoms with Crippen LogP contribution < -0.4 is 0 Å². The van der Waals surface area contributed by atoms with Crippen LogP contribution in [0.5, 0.6) is 0 Å². The second kappa shape index (κ2) is 12.0. The summed E-state index contributed by atoms with van der Waals surface area (Å²) in [5.74, 6) is 0. The lowest BCUT2D eigenvalue weighted by Crippen LogP contribution is -2.49. The van der Waals surface area contributed by atoms with Crippen molar-refractivity contribution in [1.29, 1.82) is 0 Å². The van der Waals surface area contributed by atoms with Gasteiger partial charge in [-0.3, -0.25) is 0 Å². The van der Waals surface area contributed by atoms with Crippen LogP contribution >= 0.6 is 0 Å². The highest BCUT2D eigenvalue weighted by Crippen LogP contribution is 2.70. The molecule has 2 aliphatic rings. The summed E-state index contributed by atoms with van der Waals surface area (Å²) in [6, 6.07) is 77.9. The van der Waals surface area contributed by atoms with E-state index in [4.69, 9.17) is 0 Å². The van der Waals surface area contributed by atoms with Gasteiger partial charge in [0.25, 0.3) is 0 Å². The molecule has 0 saturated heterocycles. The molecule has 0 aliphatic heterocycles. The number of benzene rings is 10. The van der Waals surface area contributed by atoms with Gasteiger partial charge in [-0.15, -0.1) is 0 Å². The Morgan fingerprint density at radius 3 is 1.63 bits per heavy atom. The molecule has 0 N–H and O–H groups in total. The first kappa shape index (κ1) is 34.1. The molecule has 62 heavy (non-hydrogen) atoms. The number of hydrogen-bond acceptors (Lipinski definition) is 0. The third kappa shape index (κ3) is 3.93. The zero-order valence-corrected chi connectivity index (χ0v) is 34.5. The smallest absolute Gasteiger partial charge is 0.0619 e. The maximum Gasteiger partial charge on any atom is 0.0619 e. The van der Waals surface area contributed by atoms with Gasteiger partial charge in [0, 0.05) is 43.7 Å². The van der Waals surface area contributed by atoms with Gasteiger partial charge in [0.2, 0.25) is 0 Å². The Hall–Kier alpha value is -7.68. The van der Waals surface area contributed by atoms with Gasteiger partial charge in [-0.2, -0.15) is 0 Å². The van der Waals surface area contributed by atoms with Crippen molar-refractivity contribution in [2.24, 2.45) is 0 Å². The van der Waals surface area contributed by atoms with Gasteiger partial charge < -0.3 is 9.13 Å². The van der Waals surface area contributed by atoms with Crippen LogP contribution in [0.3, 0.4) is 0 Å². The number of hydrogen-bond donors (Lipinski definition) is 0. The summed E-state index contributed by atoms with van der Waals surface area (Å²) in [4.78, 5) is 0. The van der Waals surface area contributed by atoms with E-state index < -0.39 is 10.8 Å². The topological polar surface area (TPSA) is 9.86 Å². The van der Waals surface area contributed by atoms with E-state index in [0.29, 0.717) is 0 Å². The third-order valence-corrected chi connectivity index (χ3v) is 15.0. The SMILES string of the molecule is Cc1cccc2c1c(C13c4ccccc4-c4ccccc4C1(C)c1cccc4c1c3cc1c4c3ccccc3n1-c1ccccc1)cc1c3ccccc3n(-c3ccccc3)c21. The lowest BCUT2D eigenvalue weighted by molar-refractivity contribution is 0.408. The predicted molar refractivity (Wildman–Crippen MR) is 260 cm³/mol. The van der Waals surface area contributed by atoms with Crippen molar-refractivity contribution in [2.45, 2.75) is 24.7 Å². The maximum absolute atomic E-state index is 2.63. The monoisotopic (exact) mass is 788 g/mol. The normalized spacial score (nSPS) is 17.6. The van der Waals surface area contributed by atoms with Gasteiger partial charge >= 0.3 is 0 Å². The van der Waals surface area contributed by atoms with E-state index in [1.165, 1.54) is 121 Å². The van der Waals surface area contributed by atoms with Crippen molar-refractivity contribution >= 4 is 65.2 Å². The van der Waals surface area contributed by atoms with Crippen molar-refractivity contribution in [3.63, 3.8) is 0 Å². The molecule has 2 atom stereocenters. The van der Waals surface area contributed by atoms with Crippen molar-refractivity contribution in [3.8, 4) is 22.5 Å². The average molecular weight is 789 g/mol. The molecule has 0 saturated carbocycles. The number of aryl methyl sites for hydroxylation is 1. The number of para-hydroxylation sites is 4. The Bertz CT molecular complexity index is 3890. The molecule has 2 heterocycles. The molecular weight excluding hydrogens is 749 g/mol. The summed E-state index contributed by atoms with van der Waals surface area (Å²) in [6.45, 7) is 4.91. The molecule has 2 nitrogen and oxygen atoms in total. The first-order chi connectivity index (χ1) is 30.6. The standard InChI is InChI=1S/C60H40N2/c1-37-19-17-29-45-55(37)50(35-46-42-26-11-15-33-52(42)62(58(45)46)39-22-7-4-8-23-39)60-48-31-14-10-25-41(48)40-24-9-13-30-47(40)59(60,2)49-32-18-28-44-56-43-27-12-16-34-53(43)61(38-20-5-3-6-21-38)54(56)36-51(60)57(44)49/h3-36H,1-2H3. The van der Waals surface area contributed by atoms with E-state index in [1.807, 2.05) is 0 Å². The second-order valence-electron chi connectivity index (χ2n) is 17.7. The highest BCUT2D eigenvalue weighted by atomic mass is 15.0. The summed E-state index contributed by atoms with van der Waals surface area (Å²) in [6.07, 6.45) is 0. The van der Waals surface area contributed by atoms with E-state index in [2.05, 4.69) is 229 Å². The van der Waals surface area contributed by atoms with Crippen LogP contribution in [0.25, 0.3) is 87.7 Å². The first-order valence-electron chi connectivity index (χ1n) is 21.9. The molecule has 290 valence electrons. The highest BCUT2D eigenvalue weighted by Gasteiger charge is 2.63. The largest absolute Gasteiger partial charge is 0.309 e. The number of nitrogens with zero attached hydrogens (tertiary/aromatic N) is 2. The highest BCUT2D eigenvalue weighted by molar-refractivity contribution is 6.25. The Kier molecular flexibility index (Phi) is 6.59. The molecule has 2 aromatic heterocycles. The van der Waals surface area contributed by atoms with Gasteiger partial charge in [0.05, 0.1) is 27.5 Å².